The summed E-state index contributed by atoms with van der Waals surface area (Å²) in [6.45, 7) is 5.31. The van der Waals surface area contributed by atoms with Crippen LogP contribution in [0.1, 0.15) is 28.8 Å². The average molecular weight is 394 g/mol. The number of nitrogens with zero attached hydrogens (tertiary/aromatic N) is 3. The Hall–Kier alpha value is -2.93. The number of anilines is 2. The Labute approximate surface area is 170 Å². The number of ether oxygens (including phenoxy) is 1. The molecule has 0 bridgehead atoms. The van der Waals surface area contributed by atoms with E-state index in [2.05, 4.69) is 15.2 Å². The van der Waals surface area contributed by atoms with Crippen LogP contribution < -0.4 is 15.1 Å². The fourth-order valence-corrected chi connectivity index (χ4v) is 3.83. The smallest absolute Gasteiger partial charge is 0.255 e. The number of piperidine rings is 1. The van der Waals surface area contributed by atoms with Crippen molar-refractivity contribution < 1.29 is 14.3 Å². The van der Waals surface area contributed by atoms with Gasteiger partial charge in [-0.3, -0.25) is 9.59 Å². The number of nitrogens with one attached hydrogen (secondary N) is 1. The molecule has 3 heterocycles. The lowest BCUT2D eigenvalue weighted by Gasteiger charge is -2.33. The van der Waals surface area contributed by atoms with E-state index in [0.717, 1.165) is 17.7 Å². The van der Waals surface area contributed by atoms with Crippen molar-refractivity contribution in [3.63, 3.8) is 0 Å². The van der Waals surface area contributed by atoms with E-state index in [1.165, 1.54) is 0 Å². The molecule has 1 aromatic heterocycles. The van der Waals surface area contributed by atoms with E-state index in [0.29, 0.717) is 50.7 Å². The van der Waals surface area contributed by atoms with E-state index in [9.17, 15) is 9.59 Å². The second-order valence-corrected chi connectivity index (χ2v) is 7.47. The van der Waals surface area contributed by atoms with E-state index in [-0.39, 0.29) is 11.8 Å². The first-order valence-electron chi connectivity index (χ1n) is 10.1. The van der Waals surface area contributed by atoms with Gasteiger partial charge in [0.15, 0.2) is 0 Å². The van der Waals surface area contributed by atoms with Gasteiger partial charge in [-0.25, -0.2) is 4.98 Å². The maximum absolute atomic E-state index is 13.0. The lowest BCUT2D eigenvalue weighted by molar-refractivity contribution is -0.121. The Bertz CT molecular complexity index is 878. The molecule has 2 aliphatic rings. The summed E-state index contributed by atoms with van der Waals surface area (Å²) in [4.78, 5) is 34.3. The van der Waals surface area contributed by atoms with Crippen molar-refractivity contribution in [3.05, 3.63) is 53.7 Å². The van der Waals surface area contributed by atoms with Gasteiger partial charge < -0.3 is 19.9 Å². The van der Waals surface area contributed by atoms with Gasteiger partial charge in [-0.2, -0.15) is 0 Å². The van der Waals surface area contributed by atoms with Gasteiger partial charge >= 0.3 is 0 Å². The Morgan fingerprint density at radius 3 is 2.66 bits per heavy atom. The fourth-order valence-electron chi connectivity index (χ4n) is 3.83. The van der Waals surface area contributed by atoms with Gasteiger partial charge in [0, 0.05) is 31.5 Å². The quantitative estimate of drug-likeness (QED) is 0.860. The third-order valence-corrected chi connectivity index (χ3v) is 5.43. The lowest BCUT2D eigenvalue weighted by atomic mass is 10.0. The van der Waals surface area contributed by atoms with Crippen LogP contribution in [-0.2, 0) is 9.53 Å². The highest BCUT2D eigenvalue weighted by Gasteiger charge is 2.32. The van der Waals surface area contributed by atoms with Crippen molar-refractivity contribution >= 4 is 23.3 Å². The van der Waals surface area contributed by atoms with Crippen molar-refractivity contribution in [3.8, 4) is 0 Å². The number of morpholine rings is 1. The van der Waals surface area contributed by atoms with E-state index in [4.69, 9.17) is 4.74 Å². The maximum Gasteiger partial charge on any atom is 0.255 e. The van der Waals surface area contributed by atoms with Crippen LogP contribution >= 0.6 is 0 Å². The van der Waals surface area contributed by atoms with E-state index < -0.39 is 6.04 Å². The third kappa shape index (κ3) is 4.24. The summed E-state index contributed by atoms with van der Waals surface area (Å²) in [6.07, 6.45) is 3.17. The van der Waals surface area contributed by atoms with Crippen LogP contribution in [0, 0.1) is 6.92 Å². The van der Waals surface area contributed by atoms with Gasteiger partial charge in [0.1, 0.15) is 11.9 Å². The SMILES string of the molecule is Cc1ccc(N2CCCC(NC(=O)c3cccnc3N3CCOCC3)C2=O)cc1. The fraction of sp³-hybridized carbons (Fsp3) is 0.409. The molecule has 0 saturated carbocycles. The van der Waals surface area contributed by atoms with Crippen molar-refractivity contribution in [2.75, 3.05) is 42.6 Å². The van der Waals surface area contributed by atoms with Gasteiger partial charge in [0.2, 0.25) is 5.91 Å². The Balaban J connectivity index is 1.49. The van der Waals surface area contributed by atoms with Gasteiger partial charge in [-0.15, -0.1) is 0 Å². The lowest BCUT2D eigenvalue weighted by Crippen LogP contribution is -2.52. The maximum atomic E-state index is 13.0. The highest BCUT2D eigenvalue weighted by molar-refractivity contribution is 6.04. The van der Waals surface area contributed by atoms with Gasteiger partial charge in [0.05, 0.1) is 18.8 Å². The van der Waals surface area contributed by atoms with Gasteiger partial charge in [-0.1, -0.05) is 17.7 Å². The molecule has 7 heteroatoms. The topological polar surface area (TPSA) is 74.8 Å². The van der Waals surface area contributed by atoms with Gasteiger partial charge in [0.25, 0.3) is 5.91 Å². The van der Waals surface area contributed by atoms with Crippen LogP contribution in [0.2, 0.25) is 0 Å². The van der Waals surface area contributed by atoms with Crippen molar-refractivity contribution in [1.29, 1.82) is 0 Å². The molecule has 29 heavy (non-hydrogen) atoms. The van der Waals surface area contributed by atoms with Crippen LogP contribution in [0.15, 0.2) is 42.6 Å². The van der Waals surface area contributed by atoms with E-state index in [1.807, 2.05) is 31.2 Å². The zero-order chi connectivity index (χ0) is 20.2. The summed E-state index contributed by atoms with van der Waals surface area (Å²) in [6, 6.07) is 10.9. The van der Waals surface area contributed by atoms with E-state index >= 15 is 0 Å². The molecule has 2 fully saturated rings. The van der Waals surface area contributed by atoms with Crippen LogP contribution in [-0.4, -0.2) is 55.7 Å². The summed E-state index contributed by atoms with van der Waals surface area (Å²) in [7, 11) is 0. The minimum absolute atomic E-state index is 0.0646. The second-order valence-electron chi connectivity index (χ2n) is 7.47. The molecule has 0 spiro atoms. The number of carbonyl (C=O) groups is 2. The van der Waals surface area contributed by atoms with Crippen molar-refractivity contribution in [2.45, 2.75) is 25.8 Å². The number of amides is 2. The second kappa shape index (κ2) is 8.61. The van der Waals surface area contributed by atoms with Crippen LogP contribution in [0.4, 0.5) is 11.5 Å². The average Bonchev–Trinajstić information content (AvgIpc) is 2.76. The number of rotatable bonds is 4. The van der Waals surface area contributed by atoms with Crippen LogP contribution in [0.5, 0.6) is 0 Å². The molecule has 1 atom stereocenters. The van der Waals surface area contributed by atoms with Crippen molar-refractivity contribution in [2.24, 2.45) is 0 Å². The Morgan fingerprint density at radius 1 is 1.14 bits per heavy atom. The van der Waals surface area contributed by atoms with Crippen molar-refractivity contribution in [1.82, 2.24) is 10.3 Å². The highest BCUT2D eigenvalue weighted by atomic mass is 16.5. The largest absolute Gasteiger partial charge is 0.378 e. The summed E-state index contributed by atoms with van der Waals surface area (Å²) in [5.41, 5.74) is 2.51. The van der Waals surface area contributed by atoms with Crippen LogP contribution in [0.3, 0.4) is 0 Å². The van der Waals surface area contributed by atoms with Gasteiger partial charge in [-0.05, 0) is 44.0 Å². The molecule has 2 aliphatic heterocycles. The van der Waals surface area contributed by atoms with E-state index in [1.54, 1.807) is 23.2 Å². The summed E-state index contributed by atoms with van der Waals surface area (Å²) in [5, 5.41) is 2.95. The number of hydrogen-bond donors (Lipinski definition) is 1. The molecule has 0 radical (unpaired) electrons. The zero-order valence-corrected chi connectivity index (χ0v) is 16.6. The molecule has 2 saturated heterocycles. The summed E-state index contributed by atoms with van der Waals surface area (Å²) >= 11 is 0. The number of pyridine rings is 1. The third-order valence-electron chi connectivity index (χ3n) is 5.43. The molecule has 0 aliphatic carbocycles. The molecule has 152 valence electrons. The predicted octanol–water partition coefficient (Wildman–Crippen LogP) is 2.15. The Kier molecular flexibility index (Phi) is 5.76. The number of hydrogen-bond acceptors (Lipinski definition) is 5. The molecular weight excluding hydrogens is 368 g/mol. The highest BCUT2D eigenvalue weighted by Crippen LogP contribution is 2.23. The standard InChI is InChI=1S/C22H26N4O3/c1-16-6-8-17(9-7-16)26-11-3-5-19(22(26)28)24-21(27)18-4-2-10-23-20(18)25-12-14-29-15-13-25/h2,4,6-10,19H,3,5,11-15H2,1H3,(H,24,27). The van der Waals surface area contributed by atoms with Crippen LogP contribution in [0.25, 0.3) is 0 Å². The minimum atomic E-state index is -0.532. The summed E-state index contributed by atoms with van der Waals surface area (Å²) in [5.74, 6) is 0.320. The monoisotopic (exact) mass is 394 g/mol. The number of carbonyl (C=O) groups excluding carboxylic acids is 2. The summed E-state index contributed by atoms with van der Waals surface area (Å²) < 4.78 is 5.40. The molecule has 1 aromatic carbocycles. The first kappa shape index (κ1) is 19.4. The Morgan fingerprint density at radius 2 is 1.90 bits per heavy atom. The predicted molar refractivity (Wildman–Crippen MR) is 111 cm³/mol. The zero-order valence-electron chi connectivity index (χ0n) is 16.6. The first-order chi connectivity index (χ1) is 14.1. The molecule has 2 amide bonds. The number of aromatic nitrogens is 1. The normalized spacial score (nSPS) is 19.9. The molecule has 1 unspecified atom stereocenters. The first-order valence-corrected chi connectivity index (χ1v) is 10.1. The minimum Gasteiger partial charge on any atom is -0.378 e. The molecule has 2 aromatic rings. The number of benzene rings is 1. The number of aryl methyl sites for hydroxylation is 1. The molecule has 7 nitrogen and oxygen atoms in total. The molecular formula is C22H26N4O3. The molecule has 4 rings (SSSR count). The molecule has 1 N–H and O–H groups in total.